The minimum absolute atomic E-state index is 0.0468. The standard InChI is InChI=1S/C16H16N4OS/c1-11-5-15(22-10-11)16(21)18-7-12-3-4-14(17-6-12)13-8-19-20(2)9-13/h3-6,8-10H,7H2,1-2H3,(H,18,21). The molecule has 0 aliphatic carbocycles. The second-order valence-corrected chi connectivity index (χ2v) is 6.04. The maximum absolute atomic E-state index is 12.0. The van der Waals surface area contributed by atoms with Crippen molar-refractivity contribution in [1.29, 1.82) is 0 Å². The SMILES string of the molecule is Cc1csc(C(=O)NCc2ccc(-c3cnn(C)c3)nc2)c1. The van der Waals surface area contributed by atoms with Gasteiger partial charge in [-0.3, -0.25) is 14.5 Å². The zero-order chi connectivity index (χ0) is 15.5. The van der Waals surface area contributed by atoms with E-state index in [1.165, 1.54) is 11.3 Å². The molecular weight excluding hydrogens is 296 g/mol. The van der Waals surface area contributed by atoms with Crippen LogP contribution in [0.1, 0.15) is 20.8 Å². The van der Waals surface area contributed by atoms with Gasteiger partial charge in [-0.25, -0.2) is 0 Å². The number of aryl methyl sites for hydroxylation is 2. The van der Waals surface area contributed by atoms with E-state index in [2.05, 4.69) is 15.4 Å². The predicted octanol–water partition coefficient (Wildman–Crippen LogP) is 2.78. The van der Waals surface area contributed by atoms with Crippen molar-refractivity contribution in [2.45, 2.75) is 13.5 Å². The van der Waals surface area contributed by atoms with Crippen LogP contribution < -0.4 is 5.32 Å². The molecule has 3 rings (SSSR count). The molecule has 0 bridgehead atoms. The van der Waals surface area contributed by atoms with Crippen LogP contribution in [0.2, 0.25) is 0 Å². The van der Waals surface area contributed by atoms with Gasteiger partial charge >= 0.3 is 0 Å². The number of nitrogens with one attached hydrogen (secondary N) is 1. The van der Waals surface area contributed by atoms with Crippen molar-refractivity contribution in [3.05, 3.63) is 58.2 Å². The highest BCUT2D eigenvalue weighted by atomic mass is 32.1. The van der Waals surface area contributed by atoms with E-state index in [1.54, 1.807) is 17.1 Å². The van der Waals surface area contributed by atoms with Crippen LogP contribution in [-0.2, 0) is 13.6 Å². The van der Waals surface area contributed by atoms with E-state index in [9.17, 15) is 4.79 Å². The summed E-state index contributed by atoms with van der Waals surface area (Å²) < 4.78 is 1.74. The molecule has 0 saturated heterocycles. The molecule has 3 aromatic heterocycles. The summed E-state index contributed by atoms with van der Waals surface area (Å²) in [5.41, 5.74) is 3.93. The molecule has 22 heavy (non-hydrogen) atoms. The quantitative estimate of drug-likeness (QED) is 0.806. The Labute approximate surface area is 132 Å². The first kappa shape index (κ1) is 14.5. The van der Waals surface area contributed by atoms with Gasteiger partial charge in [0.25, 0.3) is 5.91 Å². The molecule has 0 aliphatic heterocycles. The molecule has 0 aromatic carbocycles. The largest absolute Gasteiger partial charge is 0.347 e. The van der Waals surface area contributed by atoms with Gasteiger partial charge in [-0.15, -0.1) is 11.3 Å². The highest BCUT2D eigenvalue weighted by molar-refractivity contribution is 7.12. The van der Waals surface area contributed by atoms with Crippen molar-refractivity contribution in [2.75, 3.05) is 0 Å². The lowest BCUT2D eigenvalue weighted by atomic mass is 10.2. The van der Waals surface area contributed by atoms with Crippen molar-refractivity contribution >= 4 is 17.2 Å². The van der Waals surface area contributed by atoms with Crippen molar-refractivity contribution in [2.24, 2.45) is 7.05 Å². The summed E-state index contributed by atoms with van der Waals surface area (Å²) in [4.78, 5) is 17.1. The third-order valence-electron chi connectivity index (χ3n) is 3.23. The summed E-state index contributed by atoms with van der Waals surface area (Å²) in [5, 5.41) is 9.01. The van der Waals surface area contributed by atoms with Gasteiger partial charge in [0.05, 0.1) is 16.8 Å². The number of nitrogens with zero attached hydrogens (tertiary/aromatic N) is 3. The first-order chi connectivity index (χ1) is 10.6. The molecule has 1 amide bonds. The third kappa shape index (κ3) is 3.23. The molecule has 1 N–H and O–H groups in total. The Kier molecular flexibility index (Phi) is 4.02. The van der Waals surface area contributed by atoms with E-state index in [-0.39, 0.29) is 5.91 Å². The van der Waals surface area contributed by atoms with Crippen LogP contribution >= 0.6 is 11.3 Å². The molecule has 5 nitrogen and oxygen atoms in total. The highest BCUT2D eigenvalue weighted by Crippen LogP contribution is 2.16. The van der Waals surface area contributed by atoms with E-state index in [1.807, 2.05) is 43.7 Å². The van der Waals surface area contributed by atoms with Gasteiger partial charge in [-0.1, -0.05) is 6.07 Å². The van der Waals surface area contributed by atoms with E-state index in [4.69, 9.17) is 0 Å². The molecule has 3 heterocycles. The number of hydrogen-bond acceptors (Lipinski definition) is 4. The molecule has 6 heteroatoms. The molecule has 0 atom stereocenters. The Balaban J connectivity index is 1.63. The zero-order valence-electron chi connectivity index (χ0n) is 12.4. The summed E-state index contributed by atoms with van der Waals surface area (Å²) in [6.07, 6.45) is 5.48. The van der Waals surface area contributed by atoms with Crippen molar-refractivity contribution in [1.82, 2.24) is 20.1 Å². The second-order valence-electron chi connectivity index (χ2n) is 5.13. The fourth-order valence-electron chi connectivity index (χ4n) is 2.07. The molecule has 0 unspecified atom stereocenters. The Hall–Kier alpha value is -2.47. The normalized spacial score (nSPS) is 10.6. The Morgan fingerprint density at radius 3 is 2.82 bits per heavy atom. The summed E-state index contributed by atoms with van der Waals surface area (Å²) in [5.74, 6) is -0.0468. The molecule has 3 aromatic rings. The van der Waals surface area contributed by atoms with Gasteiger partial charge in [0.2, 0.25) is 0 Å². The minimum Gasteiger partial charge on any atom is -0.347 e. The summed E-state index contributed by atoms with van der Waals surface area (Å²) in [6.45, 7) is 2.45. The molecule has 0 fully saturated rings. The number of pyridine rings is 1. The number of carbonyl (C=O) groups is 1. The third-order valence-corrected chi connectivity index (χ3v) is 4.28. The summed E-state index contributed by atoms with van der Waals surface area (Å²) >= 11 is 1.46. The molecule has 0 radical (unpaired) electrons. The highest BCUT2D eigenvalue weighted by Gasteiger charge is 2.08. The minimum atomic E-state index is -0.0468. The van der Waals surface area contributed by atoms with E-state index in [0.717, 1.165) is 27.3 Å². The van der Waals surface area contributed by atoms with Crippen LogP contribution in [0.25, 0.3) is 11.3 Å². The summed E-state index contributed by atoms with van der Waals surface area (Å²) in [6, 6.07) is 5.80. The second kappa shape index (κ2) is 6.11. The van der Waals surface area contributed by atoms with Crippen LogP contribution in [0.15, 0.2) is 42.2 Å². The van der Waals surface area contributed by atoms with Gasteiger partial charge in [-0.05, 0) is 35.6 Å². The topological polar surface area (TPSA) is 59.8 Å². The number of aromatic nitrogens is 3. The molecule has 0 aliphatic rings. The maximum Gasteiger partial charge on any atom is 0.261 e. The molecule has 0 saturated carbocycles. The fraction of sp³-hybridized carbons (Fsp3) is 0.188. The van der Waals surface area contributed by atoms with E-state index < -0.39 is 0 Å². The average molecular weight is 312 g/mol. The average Bonchev–Trinajstić information content (AvgIpc) is 3.14. The first-order valence-electron chi connectivity index (χ1n) is 6.89. The van der Waals surface area contributed by atoms with Crippen LogP contribution in [0.4, 0.5) is 0 Å². The zero-order valence-corrected chi connectivity index (χ0v) is 13.2. The van der Waals surface area contributed by atoms with Crippen molar-refractivity contribution < 1.29 is 4.79 Å². The van der Waals surface area contributed by atoms with Gasteiger partial charge < -0.3 is 5.32 Å². The first-order valence-corrected chi connectivity index (χ1v) is 7.77. The molecule has 0 spiro atoms. The number of amides is 1. The van der Waals surface area contributed by atoms with Crippen LogP contribution in [-0.4, -0.2) is 20.7 Å². The number of thiophene rings is 1. The van der Waals surface area contributed by atoms with Gasteiger partial charge in [-0.2, -0.15) is 5.10 Å². The summed E-state index contributed by atoms with van der Waals surface area (Å²) in [7, 11) is 1.87. The molecular formula is C16H16N4OS. The monoisotopic (exact) mass is 312 g/mol. The van der Waals surface area contributed by atoms with Crippen LogP contribution in [0, 0.1) is 6.92 Å². The number of carbonyl (C=O) groups excluding carboxylic acids is 1. The lowest BCUT2D eigenvalue weighted by Crippen LogP contribution is -2.21. The van der Waals surface area contributed by atoms with Gasteiger partial charge in [0.15, 0.2) is 0 Å². The van der Waals surface area contributed by atoms with Gasteiger partial charge in [0.1, 0.15) is 0 Å². The van der Waals surface area contributed by atoms with Gasteiger partial charge in [0, 0.05) is 31.5 Å². The maximum atomic E-state index is 12.0. The van der Waals surface area contributed by atoms with E-state index in [0.29, 0.717) is 6.54 Å². The van der Waals surface area contributed by atoms with E-state index >= 15 is 0 Å². The smallest absolute Gasteiger partial charge is 0.261 e. The van der Waals surface area contributed by atoms with Crippen molar-refractivity contribution in [3.63, 3.8) is 0 Å². The Morgan fingerprint density at radius 2 is 2.23 bits per heavy atom. The molecule has 112 valence electrons. The fourth-order valence-corrected chi connectivity index (χ4v) is 2.89. The number of hydrogen-bond donors (Lipinski definition) is 1. The Morgan fingerprint density at radius 1 is 1.36 bits per heavy atom. The van der Waals surface area contributed by atoms with Crippen LogP contribution in [0.5, 0.6) is 0 Å². The lowest BCUT2D eigenvalue weighted by molar-refractivity contribution is 0.0955. The van der Waals surface area contributed by atoms with Crippen LogP contribution in [0.3, 0.4) is 0 Å². The predicted molar refractivity (Wildman–Crippen MR) is 86.7 cm³/mol. The van der Waals surface area contributed by atoms with Crippen molar-refractivity contribution in [3.8, 4) is 11.3 Å². The Bertz CT molecular complexity index is 789. The number of rotatable bonds is 4. The lowest BCUT2D eigenvalue weighted by Gasteiger charge is -2.04.